The fourth-order valence-corrected chi connectivity index (χ4v) is 6.90. The average molecular weight is 531 g/mol. The number of amides is 1. The van der Waals surface area contributed by atoms with Gasteiger partial charge >= 0.3 is 0 Å². The van der Waals surface area contributed by atoms with Crippen molar-refractivity contribution in [3.63, 3.8) is 0 Å². The van der Waals surface area contributed by atoms with E-state index in [9.17, 15) is 13.2 Å². The quantitative estimate of drug-likeness (QED) is 0.423. The Morgan fingerprint density at radius 2 is 1.86 bits per heavy atom. The molecule has 10 heteroatoms. The summed E-state index contributed by atoms with van der Waals surface area (Å²) in [5.74, 6) is 1.29. The number of rotatable bonds is 7. The Balaban J connectivity index is 1.23. The smallest absolute Gasteiger partial charge is 0.225 e. The van der Waals surface area contributed by atoms with E-state index in [1.54, 1.807) is 36.4 Å². The number of hydrogen-bond donors (Lipinski definition) is 0. The molecule has 0 radical (unpaired) electrons. The second-order valence-corrected chi connectivity index (χ2v) is 13.1. The number of fused-ring (bicyclic) bond motifs is 1. The lowest BCUT2D eigenvalue weighted by atomic mass is 9.93. The molecule has 4 heterocycles. The molecule has 2 fully saturated rings. The van der Waals surface area contributed by atoms with Gasteiger partial charge in [-0.3, -0.25) is 9.69 Å². The van der Waals surface area contributed by atoms with Crippen molar-refractivity contribution in [2.24, 2.45) is 5.92 Å². The maximum absolute atomic E-state index is 13.3. The lowest BCUT2D eigenvalue weighted by Crippen LogP contribution is -2.45. The summed E-state index contributed by atoms with van der Waals surface area (Å²) < 4.78 is 31.5. The minimum Gasteiger partial charge on any atom is -0.472 e. The van der Waals surface area contributed by atoms with Gasteiger partial charge in [0.1, 0.15) is 0 Å². The van der Waals surface area contributed by atoms with Crippen LogP contribution in [0.4, 0.5) is 0 Å². The third-order valence-corrected chi connectivity index (χ3v) is 9.34. The number of nitrogens with zero attached hydrogens (tertiary/aromatic N) is 4. The summed E-state index contributed by atoms with van der Waals surface area (Å²) in [4.78, 5) is 22.8. The Morgan fingerprint density at radius 1 is 1.11 bits per heavy atom. The molecule has 194 valence electrons. The Bertz CT molecular complexity index is 1300. The zero-order valence-corrected chi connectivity index (χ0v) is 22.6. The average Bonchev–Trinajstić information content (AvgIpc) is 3.51. The summed E-state index contributed by atoms with van der Waals surface area (Å²) in [7, 11) is -3.29. The first-order chi connectivity index (χ1) is 17.3. The second-order valence-electron chi connectivity index (χ2n) is 9.86. The second kappa shape index (κ2) is 10.6. The third-order valence-electron chi connectivity index (χ3n) is 7.39. The lowest BCUT2D eigenvalue weighted by Gasteiger charge is -2.38. The summed E-state index contributed by atoms with van der Waals surface area (Å²) in [6.45, 7) is 6.34. The molecular formula is C26H34N4O4S2. The van der Waals surface area contributed by atoms with Crippen LogP contribution in [0, 0.1) is 5.92 Å². The standard InChI is InChI=1S/C26H34N4O4S2/c1-3-35-26-27-23-16-22(36(2,32)33)4-5-24(23)30(26)21-8-13-29(14-9-21)25(31)20-6-11-28(12-7-20)17-19-10-15-34-18-19/h4-5,10,15-16,18,20-21H,3,6-9,11-14,17H2,1-2H3. The molecule has 1 amide bonds. The number of carbonyl (C=O) groups is 1. The van der Waals surface area contributed by atoms with E-state index in [-0.39, 0.29) is 12.0 Å². The van der Waals surface area contributed by atoms with Crippen molar-refractivity contribution in [2.45, 2.75) is 55.2 Å². The third kappa shape index (κ3) is 5.35. The molecule has 0 aliphatic carbocycles. The van der Waals surface area contributed by atoms with Gasteiger partial charge in [0.05, 0.1) is 28.5 Å². The first kappa shape index (κ1) is 25.4. The molecule has 0 saturated carbocycles. The van der Waals surface area contributed by atoms with Crippen LogP contribution in [0.15, 0.2) is 51.3 Å². The minimum absolute atomic E-state index is 0.108. The van der Waals surface area contributed by atoms with E-state index in [2.05, 4.69) is 21.3 Å². The van der Waals surface area contributed by atoms with Crippen LogP contribution in [0.5, 0.6) is 0 Å². The molecule has 5 rings (SSSR count). The molecule has 3 aromatic rings. The molecule has 2 aromatic heterocycles. The van der Waals surface area contributed by atoms with Crippen molar-refractivity contribution >= 4 is 38.5 Å². The summed E-state index contributed by atoms with van der Waals surface area (Å²) in [5, 5.41) is 0.924. The molecular weight excluding hydrogens is 496 g/mol. The topological polar surface area (TPSA) is 88.7 Å². The highest BCUT2D eigenvalue weighted by atomic mass is 32.2. The normalized spacial score (nSPS) is 18.8. The summed E-state index contributed by atoms with van der Waals surface area (Å²) >= 11 is 1.68. The van der Waals surface area contributed by atoms with Crippen LogP contribution in [0.25, 0.3) is 11.0 Å². The number of carbonyl (C=O) groups excluding carboxylic acids is 1. The van der Waals surface area contributed by atoms with Gasteiger partial charge in [0.25, 0.3) is 0 Å². The predicted molar refractivity (Wildman–Crippen MR) is 141 cm³/mol. The van der Waals surface area contributed by atoms with Crippen molar-refractivity contribution in [3.8, 4) is 0 Å². The van der Waals surface area contributed by atoms with E-state index >= 15 is 0 Å². The molecule has 2 aliphatic rings. The van der Waals surface area contributed by atoms with Gasteiger partial charge in [-0.1, -0.05) is 18.7 Å². The number of likely N-dealkylation sites (tertiary alicyclic amines) is 2. The van der Waals surface area contributed by atoms with Gasteiger partial charge in [0.2, 0.25) is 5.91 Å². The van der Waals surface area contributed by atoms with Gasteiger partial charge in [-0.05, 0) is 68.8 Å². The van der Waals surface area contributed by atoms with Gasteiger partial charge in [0.15, 0.2) is 15.0 Å². The fourth-order valence-electron chi connectivity index (χ4n) is 5.45. The molecule has 0 unspecified atom stereocenters. The fraction of sp³-hybridized carbons (Fsp3) is 0.538. The number of hydrogen-bond acceptors (Lipinski definition) is 7. The van der Waals surface area contributed by atoms with Gasteiger partial charge in [-0.25, -0.2) is 13.4 Å². The number of thioether (sulfide) groups is 1. The molecule has 0 N–H and O–H groups in total. The van der Waals surface area contributed by atoms with Gasteiger partial charge in [-0.2, -0.15) is 0 Å². The molecule has 0 spiro atoms. The summed E-state index contributed by atoms with van der Waals surface area (Å²) in [6.07, 6.45) is 8.29. The molecule has 1 aromatic carbocycles. The van der Waals surface area contributed by atoms with Gasteiger partial charge in [0, 0.05) is 43.4 Å². The zero-order valence-electron chi connectivity index (χ0n) is 20.9. The Kier molecular flexibility index (Phi) is 7.46. The Hall–Kier alpha value is -2.30. The van der Waals surface area contributed by atoms with Crippen LogP contribution in [0.2, 0.25) is 0 Å². The maximum Gasteiger partial charge on any atom is 0.225 e. The maximum atomic E-state index is 13.3. The SMILES string of the molecule is CCSc1nc2cc(S(C)(=O)=O)ccc2n1C1CCN(C(=O)C2CCN(Cc3ccoc3)CC2)CC1. The van der Waals surface area contributed by atoms with Crippen molar-refractivity contribution in [1.82, 2.24) is 19.4 Å². The number of sulfone groups is 1. The predicted octanol–water partition coefficient (Wildman–Crippen LogP) is 4.22. The number of piperidine rings is 2. The first-order valence-electron chi connectivity index (χ1n) is 12.7. The Labute approximate surface area is 216 Å². The molecule has 0 bridgehead atoms. The molecule has 0 atom stereocenters. The number of aromatic nitrogens is 2. The van der Waals surface area contributed by atoms with E-state index in [1.807, 2.05) is 12.1 Å². The molecule has 2 saturated heterocycles. The van der Waals surface area contributed by atoms with Crippen LogP contribution in [0.3, 0.4) is 0 Å². The van der Waals surface area contributed by atoms with E-state index in [0.29, 0.717) is 10.8 Å². The summed E-state index contributed by atoms with van der Waals surface area (Å²) in [6, 6.07) is 7.48. The highest BCUT2D eigenvalue weighted by molar-refractivity contribution is 7.99. The van der Waals surface area contributed by atoms with E-state index in [0.717, 1.165) is 80.3 Å². The van der Waals surface area contributed by atoms with Crippen LogP contribution in [-0.2, 0) is 21.2 Å². The monoisotopic (exact) mass is 530 g/mol. The van der Waals surface area contributed by atoms with Crippen molar-refractivity contribution in [1.29, 1.82) is 0 Å². The Morgan fingerprint density at radius 3 is 2.50 bits per heavy atom. The van der Waals surface area contributed by atoms with E-state index in [1.165, 1.54) is 11.8 Å². The van der Waals surface area contributed by atoms with Crippen LogP contribution in [-0.4, -0.2) is 71.9 Å². The van der Waals surface area contributed by atoms with E-state index in [4.69, 9.17) is 9.40 Å². The van der Waals surface area contributed by atoms with Crippen molar-refractivity contribution in [2.75, 3.05) is 38.2 Å². The molecule has 2 aliphatic heterocycles. The largest absolute Gasteiger partial charge is 0.472 e. The van der Waals surface area contributed by atoms with E-state index < -0.39 is 9.84 Å². The molecule has 36 heavy (non-hydrogen) atoms. The zero-order chi connectivity index (χ0) is 25.3. The van der Waals surface area contributed by atoms with Gasteiger partial charge < -0.3 is 13.9 Å². The number of furan rings is 1. The highest BCUT2D eigenvalue weighted by Crippen LogP contribution is 2.34. The van der Waals surface area contributed by atoms with Crippen LogP contribution >= 0.6 is 11.8 Å². The summed E-state index contributed by atoms with van der Waals surface area (Å²) in [5.41, 5.74) is 2.87. The van der Waals surface area contributed by atoms with Crippen LogP contribution in [0.1, 0.15) is 44.2 Å². The number of imidazole rings is 1. The number of benzene rings is 1. The van der Waals surface area contributed by atoms with Gasteiger partial charge in [-0.15, -0.1) is 0 Å². The minimum atomic E-state index is -3.29. The highest BCUT2D eigenvalue weighted by Gasteiger charge is 2.32. The van der Waals surface area contributed by atoms with Crippen molar-refractivity contribution in [3.05, 3.63) is 42.4 Å². The lowest BCUT2D eigenvalue weighted by molar-refractivity contribution is -0.138. The van der Waals surface area contributed by atoms with Crippen molar-refractivity contribution < 1.29 is 17.6 Å². The van der Waals surface area contributed by atoms with Crippen LogP contribution < -0.4 is 0 Å². The first-order valence-corrected chi connectivity index (χ1v) is 15.6. The molecule has 8 nitrogen and oxygen atoms in total.